The molecule has 1 aliphatic carbocycles. The fraction of sp³-hybridized carbons (Fsp3) is 0.357. The van der Waals surface area contributed by atoms with Crippen LogP contribution in [0.5, 0.6) is 0 Å². The summed E-state index contributed by atoms with van der Waals surface area (Å²) in [6.45, 7) is 2.73. The van der Waals surface area contributed by atoms with Crippen molar-refractivity contribution in [1.29, 1.82) is 0 Å². The number of hydrogen-bond acceptors (Lipinski definition) is 3. The zero-order valence-electron chi connectivity index (χ0n) is 10.2. The van der Waals surface area contributed by atoms with Crippen LogP contribution in [0.15, 0.2) is 24.3 Å². The molecular formula is C14H15FN2S. The molecule has 0 atom stereocenters. The summed E-state index contributed by atoms with van der Waals surface area (Å²) in [6.07, 6.45) is 2.28. The lowest BCUT2D eigenvalue weighted by atomic mass is 10.1. The van der Waals surface area contributed by atoms with Crippen LogP contribution in [0, 0.1) is 12.7 Å². The predicted octanol–water partition coefficient (Wildman–Crippen LogP) is 3.25. The van der Waals surface area contributed by atoms with Gasteiger partial charge in [0.15, 0.2) is 0 Å². The number of thiazole rings is 1. The van der Waals surface area contributed by atoms with E-state index >= 15 is 0 Å². The SMILES string of the molecule is Cc1sc(C2(CN)CC2)nc1-c1ccc(F)cc1. The van der Waals surface area contributed by atoms with Crippen LogP contribution in [0.3, 0.4) is 0 Å². The van der Waals surface area contributed by atoms with Crippen LogP contribution in [0.1, 0.15) is 22.7 Å². The van der Waals surface area contributed by atoms with Crippen LogP contribution in [0.2, 0.25) is 0 Å². The van der Waals surface area contributed by atoms with E-state index in [1.807, 2.05) is 0 Å². The summed E-state index contributed by atoms with van der Waals surface area (Å²) in [6, 6.07) is 6.51. The van der Waals surface area contributed by atoms with Crippen molar-refractivity contribution in [2.75, 3.05) is 6.54 Å². The van der Waals surface area contributed by atoms with Gasteiger partial charge in [0.05, 0.1) is 5.69 Å². The lowest BCUT2D eigenvalue weighted by Gasteiger charge is -2.06. The number of aryl methyl sites for hydroxylation is 1. The minimum absolute atomic E-state index is 0.133. The van der Waals surface area contributed by atoms with Gasteiger partial charge in [0, 0.05) is 22.4 Å². The van der Waals surface area contributed by atoms with E-state index in [2.05, 4.69) is 6.92 Å². The molecule has 18 heavy (non-hydrogen) atoms. The fourth-order valence-corrected chi connectivity index (χ4v) is 3.35. The summed E-state index contributed by atoms with van der Waals surface area (Å²) in [4.78, 5) is 5.91. The maximum Gasteiger partial charge on any atom is 0.123 e. The van der Waals surface area contributed by atoms with Crippen molar-refractivity contribution in [1.82, 2.24) is 4.98 Å². The number of benzene rings is 1. The highest BCUT2D eigenvalue weighted by molar-refractivity contribution is 7.12. The van der Waals surface area contributed by atoms with E-state index in [0.717, 1.165) is 29.1 Å². The Hall–Kier alpha value is -1.26. The van der Waals surface area contributed by atoms with E-state index < -0.39 is 0 Å². The molecule has 1 aromatic carbocycles. The molecule has 94 valence electrons. The summed E-state index contributed by atoms with van der Waals surface area (Å²) >= 11 is 1.72. The average Bonchev–Trinajstić information content (AvgIpc) is 3.08. The topological polar surface area (TPSA) is 38.9 Å². The van der Waals surface area contributed by atoms with Crippen molar-refractivity contribution in [3.05, 3.63) is 40.0 Å². The molecule has 0 spiro atoms. The van der Waals surface area contributed by atoms with E-state index in [9.17, 15) is 4.39 Å². The van der Waals surface area contributed by atoms with Gasteiger partial charge in [-0.2, -0.15) is 0 Å². The van der Waals surface area contributed by atoms with E-state index in [-0.39, 0.29) is 11.2 Å². The van der Waals surface area contributed by atoms with E-state index in [1.165, 1.54) is 17.0 Å². The van der Waals surface area contributed by atoms with Gasteiger partial charge in [0.1, 0.15) is 10.8 Å². The van der Waals surface area contributed by atoms with Gasteiger partial charge in [-0.3, -0.25) is 0 Å². The smallest absolute Gasteiger partial charge is 0.123 e. The zero-order valence-corrected chi connectivity index (χ0v) is 11.1. The first-order chi connectivity index (χ1) is 8.64. The second kappa shape index (κ2) is 4.14. The van der Waals surface area contributed by atoms with Crippen molar-refractivity contribution in [2.45, 2.75) is 25.2 Å². The van der Waals surface area contributed by atoms with Gasteiger partial charge >= 0.3 is 0 Å². The normalized spacial score (nSPS) is 16.8. The third kappa shape index (κ3) is 1.85. The number of halogens is 1. The third-order valence-electron chi connectivity index (χ3n) is 3.61. The first kappa shape index (κ1) is 11.8. The van der Waals surface area contributed by atoms with E-state index in [1.54, 1.807) is 23.5 Å². The Kier molecular flexibility index (Phi) is 2.72. The molecule has 2 nitrogen and oxygen atoms in total. The molecule has 0 bridgehead atoms. The van der Waals surface area contributed by atoms with Gasteiger partial charge in [-0.1, -0.05) is 0 Å². The Labute approximate surface area is 110 Å². The first-order valence-corrected chi connectivity index (χ1v) is 6.90. The molecule has 2 aromatic rings. The van der Waals surface area contributed by atoms with Gasteiger partial charge in [-0.15, -0.1) is 11.3 Å². The van der Waals surface area contributed by atoms with Crippen LogP contribution in [0.4, 0.5) is 4.39 Å². The van der Waals surface area contributed by atoms with Crippen LogP contribution >= 0.6 is 11.3 Å². The molecule has 3 rings (SSSR count). The fourth-order valence-electron chi connectivity index (χ4n) is 2.16. The van der Waals surface area contributed by atoms with Crippen LogP contribution < -0.4 is 5.73 Å². The van der Waals surface area contributed by atoms with Crippen molar-refractivity contribution in [2.24, 2.45) is 5.73 Å². The predicted molar refractivity (Wildman–Crippen MR) is 72.2 cm³/mol. The Bertz CT molecular complexity index is 570. The molecular weight excluding hydrogens is 247 g/mol. The average molecular weight is 262 g/mol. The molecule has 0 radical (unpaired) electrons. The van der Waals surface area contributed by atoms with E-state index in [0.29, 0.717) is 6.54 Å². The van der Waals surface area contributed by atoms with Gasteiger partial charge in [-0.05, 0) is 44.0 Å². The summed E-state index contributed by atoms with van der Waals surface area (Å²) in [5.74, 6) is -0.215. The molecule has 0 aliphatic heterocycles. The lowest BCUT2D eigenvalue weighted by molar-refractivity contribution is 0.628. The number of rotatable bonds is 3. The lowest BCUT2D eigenvalue weighted by Crippen LogP contribution is -2.19. The maximum absolute atomic E-state index is 12.9. The third-order valence-corrected chi connectivity index (χ3v) is 4.83. The molecule has 0 unspecified atom stereocenters. The molecule has 1 aromatic heterocycles. The highest BCUT2D eigenvalue weighted by Gasteiger charge is 2.45. The zero-order chi connectivity index (χ0) is 12.8. The van der Waals surface area contributed by atoms with Gasteiger partial charge in [-0.25, -0.2) is 9.37 Å². The Balaban J connectivity index is 2.00. The largest absolute Gasteiger partial charge is 0.329 e. The molecule has 2 N–H and O–H groups in total. The highest BCUT2D eigenvalue weighted by atomic mass is 32.1. The number of nitrogens with two attached hydrogens (primary N) is 1. The minimum atomic E-state index is -0.215. The molecule has 0 saturated heterocycles. The van der Waals surface area contributed by atoms with E-state index in [4.69, 9.17) is 10.7 Å². The van der Waals surface area contributed by atoms with Crippen molar-refractivity contribution >= 4 is 11.3 Å². The number of aromatic nitrogens is 1. The summed E-state index contributed by atoms with van der Waals surface area (Å²) in [5, 5.41) is 1.14. The molecule has 1 fully saturated rings. The minimum Gasteiger partial charge on any atom is -0.329 e. The maximum atomic E-state index is 12.9. The summed E-state index contributed by atoms with van der Waals surface area (Å²) in [5.41, 5.74) is 7.91. The van der Waals surface area contributed by atoms with Crippen molar-refractivity contribution in [3.63, 3.8) is 0 Å². The quantitative estimate of drug-likeness (QED) is 0.922. The first-order valence-electron chi connectivity index (χ1n) is 6.08. The second-order valence-corrected chi connectivity index (χ2v) is 6.12. The Morgan fingerprint density at radius 3 is 2.56 bits per heavy atom. The number of nitrogens with zero attached hydrogens (tertiary/aromatic N) is 1. The van der Waals surface area contributed by atoms with Crippen molar-refractivity contribution < 1.29 is 4.39 Å². The monoisotopic (exact) mass is 262 g/mol. The van der Waals surface area contributed by atoms with Gasteiger partial charge in [0.25, 0.3) is 0 Å². The molecule has 4 heteroatoms. The standard InChI is InChI=1S/C14H15FN2S/c1-9-12(10-2-4-11(15)5-3-10)17-13(18-9)14(8-16)6-7-14/h2-5H,6-8,16H2,1H3. The summed E-state index contributed by atoms with van der Waals surface area (Å²) < 4.78 is 12.9. The van der Waals surface area contributed by atoms with Crippen LogP contribution in [-0.4, -0.2) is 11.5 Å². The molecule has 1 aliphatic rings. The van der Waals surface area contributed by atoms with Crippen molar-refractivity contribution in [3.8, 4) is 11.3 Å². The van der Waals surface area contributed by atoms with Gasteiger partial charge in [0.2, 0.25) is 0 Å². The van der Waals surface area contributed by atoms with Crippen LogP contribution in [0.25, 0.3) is 11.3 Å². The molecule has 1 heterocycles. The molecule has 0 amide bonds. The highest BCUT2D eigenvalue weighted by Crippen LogP contribution is 2.49. The van der Waals surface area contributed by atoms with Crippen LogP contribution in [-0.2, 0) is 5.41 Å². The molecule has 1 saturated carbocycles. The summed E-state index contributed by atoms with van der Waals surface area (Å²) in [7, 11) is 0. The Morgan fingerprint density at radius 1 is 1.33 bits per heavy atom. The number of hydrogen-bond donors (Lipinski definition) is 1. The Morgan fingerprint density at radius 2 is 2.00 bits per heavy atom. The van der Waals surface area contributed by atoms with Gasteiger partial charge < -0.3 is 5.73 Å². The second-order valence-electron chi connectivity index (χ2n) is 4.92.